The predicted octanol–water partition coefficient (Wildman–Crippen LogP) is 5.69. The van der Waals surface area contributed by atoms with Crippen molar-refractivity contribution >= 4 is 55.1 Å². The molecule has 0 spiro atoms. The third-order valence-corrected chi connectivity index (χ3v) is 8.43. The standard InChI is InChI=1S/C25H23BrClN5O2S/c26-21-17-28-32-24(16-23(30-25(21)32)20-8-4-5-9-22(20)27)29-19-10-13-31(14-11-19)35(33,34)15-12-18-6-2-1-3-7-18/h1-9,12,15-17,19,29H,10-11,13-14H2/b15-12+. The maximum absolute atomic E-state index is 12.8. The van der Waals surface area contributed by atoms with Crippen molar-refractivity contribution < 1.29 is 8.42 Å². The fourth-order valence-electron chi connectivity index (χ4n) is 4.12. The fourth-order valence-corrected chi connectivity index (χ4v) is 5.93. The summed E-state index contributed by atoms with van der Waals surface area (Å²) in [6.07, 6.45) is 4.69. The highest BCUT2D eigenvalue weighted by atomic mass is 79.9. The Hall–Kier alpha value is -2.72. The van der Waals surface area contributed by atoms with Crippen LogP contribution >= 0.6 is 27.5 Å². The molecular weight excluding hydrogens is 550 g/mol. The number of hydrogen-bond donors (Lipinski definition) is 1. The molecule has 1 fully saturated rings. The first kappa shape index (κ1) is 24.0. The average Bonchev–Trinajstić information content (AvgIpc) is 3.25. The van der Waals surface area contributed by atoms with Gasteiger partial charge in [0.05, 0.1) is 16.4 Å². The van der Waals surface area contributed by atoms with Crippen LogP contribution in [0.5, 0.6) is 0 Å². The Morgan fingerprint density at radius 3 is 2.51 bits per heavy atom. The zero-order valence-electron chi connectivity index (χ0n) is 18.7. The minimum atomic E-state index is -3.48. The SMILES string of the molecule is O=S(=O)(/C=C/c1ccccc1)N1CCC(Nc2cc(-c3ccccc3Cl)nc3c(Br)cnn23)CC1. The molecule has 2 aromatic heterocycles. The molecule has 0 unspecified atom stereocenters. The highest BCUT2D eigenvalue weighted by Gasteiger charge is 2.27. The van der Waals surface area contributed by atoms with E-state index >= 15 is 0 Å². The van der Waals surface area contributed by atoms with Gasteiger partial charge in [-0.05, 0) is 46.5 Å². The van der Waals surface area contributed by atoms with Gasteiger partial charge in [-0.3, -0.25) is 0 Å². The zero-order chi connectivity index (χ0) is 24.4. The lowest BCUT2D eigenvalue weighted by molar-refractivity contribution is 0.332. The van der Waals surface area contributed by atoms with E-state index in [4.69, 9.17) is 16.6 Å². The highest BCUT2D eigenvalue weighted by Crippen LogP contribution is 2.31. The summed E-state index contributed by atoms with van der Waals surface area (Å²) in [4.78, 5) is 4.74. The molecule has 10 heteroatoms. The molecular formula is C25H23BrClN5O2S. The van der Waals surface area contributed by atoms with Crippen LogP contribution in [0, 0.1) is 0 Å². The molecule has 180 valence electrons. The molecule has 0 saturated carbocycles. The summed E-state index contributed by atoms with van der Waals surface area (Å²) in [7, 11) is -3.48. The van der Waals surface area contributed by atoms with Crippen LogP contribution in [0.3, 0.4) is 0 Å². The first-order chi connectivity index (χ1) is 16.9. The van der Waals surface area contributed by atoms with E-state index in [0.29, 0.717) is 36.6 Å². The smallest absolute Gasteiger partial charge is 0.236 e. The van der Waals surface area contributed by atoms with Crippen molar-refractivity contribution in [3.8, 4) is 11.3 Å². The maximum atomic E-state index is 12.8. The average molecular weight is 573 g/mol. The van der Waals surface area contributed by atoms with Crippen LogP contribution in [0.1, 0.15) is 18.4 Å². The molecule has 7 nitrogen and oxygen atoms in total. The van der Waals surface area contributed by atoms with Crippen molar-refractivity contribution in [1.29, 1.82) is 0 Å². The molecule has 1 aliphatic heterocycles. The van der Waals surface area contributed by atoms with E-state index in [0.717, 1.165) is 27.1 Å². The molecule has 4 aromatic rings. The van der Waals surface area contributed by atoms with Gasteiger partial charge in [-0.15, -0.1) is 0 Å². The highest BCUT2D eigenvalue weighted by molar-refractivity contribution is 9.10. The zero-order valence-corrected chi connectivity index (χ0v) is 21.8. The summed E-state index contributed by atoms with van der Waals surface area (Å²) in [5.41, 5.74) is 3.10. The normalized spacial score (nSPS) is 15.7. The van der Waals surface area contributed by atoms with Crippen molar-refractivity contribution in [2.24, 2.45) is 0 Å². The lowest BCUT2D eigenvalue weighted by Gasteiger charge is -2.31. The van der Waals surface area contributed by atoms with Crippen molar-refractivity contribution in [3.63, 3.8) is 0 Å². The summed E-state index contributed by atoms with van der Waals surface area (Å²) in [6.45, 7) is 0.876. The summed E-state index contributed by atoms with van der Waals surface area (Å²) in [5, 5.41) is 9.91. The number of halogens is 2. The molecule has 0 radical (unpaired) electrons. The Balaban J connectivity index is 1.33. The van der Waals surface area contributed by atoms with Gasteiger partial charge >= 0.3 is 0 Å². The van der Waals surface area contributed by atoms with E-state index in [9.17, 15) is 8.42 Å². The van der Waals surface area contributed by atoms with Crippen molar-refractivity contribution in [2.45, 2.75) is 18.9 Å². The topological polar surface area (TPSA) is 79.6 Å². The number of aromatic nitrogens is 3. The van der Waals surface area contributed by atoms with E-state index in [1.54, 1.807) is 16.8 Å². The molecule has 35 heavy (non-hydrogen) atoms. The van der Waals surface area contributed by atoms with Gasteiger partial charge in [0, 0.05) is 41.2 Å². The second-order valence-corrected chi connectivity index (χ2v) is 11.4. The lowest BCUT2D eigenvalue weighted by atomic mass is 10.1. The summed E-state index contributed by atoms with van der Waals surface area (Å²) < 4.78 is 29.7. The monoisotopic (exact) mass is 571 g/mol. The second-order valence-electron chi connectivity index (χ2n) is 8.31. The van der Waals surface area contributed by atoms with Crippen LogP contribution in [-0.4, -0.2) is 46.5 Å². The third-order valence-electron chi connectivity index (χ3n) is 5.98. The Bertz CT molecular complexity index is 1480. The second kappa shape index (κ2) is 10.1. The Labute approximate surface area is 217 Å². The Morgan fingerprint density at radius 2 is 1.77 bits per heavy atom. The van der Waals surface area contributed by atoms with E-state index in [2.05, 4.69) is 26.3 Å². The fraction of sp³-hybridized carbons (Fsp3) is 0.200. The quantitative estimate of drug-likeness (QED) is 0.321. The molecule has 0 amide bonds. The van der Waals surface area contributed by atoms with Gasteiger partial charge < -0.3 is 5.32 Å². The number of hydrogen-bond acceptors (Lipinski definition) is 5. The van der Waals surface area contributed by atoms with E-state index in [-0.39, 0.29) is 6.04 Å². The van der Waals surface area contributed by atoms with Crippen LogP contribution in [-0.2, 0) is 10.0 Å². The molecule has 2 aromatic carbocycles. The maximum Gasteiger partial charge on any atom is 0.236 e. The van der Waals surface area contributed by atoms with Crippen LogP contribution < -0.4 is 5.32 Å². The molecule has 0 aliphatic carbocycles. The van der Waals surface area contributed by atoms with E-state index < -0.39 is 10.0 Å². The van der Waals surface area contributed by atoms with Crippen LogP contribution in [0.4, 0.5) is 5.82 Å². The molecule has 1 aliphatic rings. The number of benzene rings is 2. The molecule has 0 bridgehead atoms. The van der Waals surface area contributed by atoms with Gasteiger partial charge in [0.1, 0.15) is 5.82 Å². The van der Waals surface area contributed by atoms with E-state index in [1.165, 1.54) is 9.71 Å². The van der Waals surface area contributed by atoms with Crippen molar-refractivity contribution in [1.82, 2.24) is 18.9 Å². The number of piperidine rings is 1. The predicted molar refractivity (Wildman–Crippen MR) is 144 cm³/mol. The summed E-state index contributed by atoms with van der Waals surface area (Å²) >= 11 is 9.96. The molecule has 0 atom stereocenters. The first-order valence-corrected chi connectivity index (χ1v) is 13.9. The number of nitrogens with one attached hydrogen (secondary N) is 1. The summed E-state index contributed by atoms with van der Waals surface area (Å²) in [5.74, 6) is 0.779. The molecule has 1 saturated heterocycles. The molecule has 3 heterocycles. The van der Waals surface area contributed by atoms with Crippen molar-refractivity contribution in [3.05, 3.63) is 87.3 Å². The number of nitrogens with zero attached hydrogens (tertiary/aromatic N) is 4. The van der Waals surface area contributed by atoms with Gasteiger partial charge in [0.25, 0.3) is 0 Å². The van der Waals surface area contributed by atoms with Gasteiger partial charge in [0.15, 0.2) is 5.65 Å². The number of fused-ring (bicyclic) bond motifs is 1. The Kier molecular flexibility index (Phi) is 6.93. The molecule has 5 rings (SSSR count). The lowest BCUT2D eigenvalue weighted by Crippen LogP contribution is -2.41. The summed E-state index contributed by atoms with van der Waals surface area (Å²) in [6, 6.07) is 19.0. The minimum absolute atomic E-state index is 0.0900. The number of rotatable bonds is 6. The van der Waals surface area contributed by atoms with Gasteiger partial charge in [0.2, 0.25) is 10.0 Å². The largest absolute Gasteiger partial charge is 0.367 e. The van der Waals surface area contributed by atoms with Crippen molar-refractivity contribution in [2.75, 3.05) is 18.4 Å². The van der Waals surface area contributed by atoms with E-state index in [1.807, 2.05) is 60.7 Å². The molecule has 1 N–H and O–H groups in total. The van der Waals surface area contributed by atoms with Gasteiger partial charge in [-0.2, -0.15) is 13.9 Å². The third kappa shape index (κ3) is 5.28. The van der Waals surface area contributed by atoms with Gasteiger partial charge in [-0.1, -0.05) is 60.1 Å². The van der Waals surface area contributed by atoms with Gasteiger partial charge in [-0.25, -0.2) is 13.4 Å². The van der Waals surface area contributed by atoms with Crippen LogP contribution in [0.15, 0.2) is 76.7 Å². The Morgan fingerprint density at radius 1 is 1.06 bits per heavy atom. The van der Waals surface area contributed by atoms with Crippen LogP contribution in [0.25, 0.3) is 23.0 Å². The number of sulfonamides is 1. The first-order valence-electron chi connectivity index (χ1n) is 11.2. The number of anilines is 1. The minimum Gasteiger partial charge on any atom is -0.367 e. The van der Waals surface area contributed by atoms with Crippen LogP contribution in [0.2, 0.25) is 5.02 Å².